The Bertz CT molecular complexity index is 637. The fourth-order valence-corrected chi connectivity index (χ4v) is 3.64. The van der Waals surface area contributed by atoms with E-state index in [2.05, 4.69) is 25.6 Å². The van der Waals surface area contributed by atoms with Gasteiger partial charge in [0.1, 0.15) is 5.82 Å². The molecule has 0 aliphatic carbocycles. The van der Waals surface area contributed by atoms with E-state index < -0.39 is 10.0 Å². The highest BCUT2D eigenvalue weighted by Crippen LogP contribution is 2.21. The molecule has 0 aliphatic rings. The molecule has 2 heterocycles. The number of aromatic nitrogens is 1. The Morgan fingerprint density at radius 2 is 2.22 bits per heavy atom. The van der Waals surface area contributed by atoms with Crippen molar-refractivity contribution < 1.29 is 8.42 Å². The van der Waals surface area contributed by atoms with Crippen molar-refractivity contribution >= 4 is 43.1 Å². The molecule has 2 aromatic heterocycles. The summed E-state index contributed by atoms with van der Waals surface area (Å²) >= 11 is 4.55. The number of nitrogens with one attached hydrogen (secondary N) is 1. The molecule has 2 aromatic rings. The highest BCUT2D eigenvalue weighted by molar-refractivity contribution is 9.10. The molecular formula is C10H10BrN3O2S2. The van der Waals surface area contributed by atoms with Crippen molar-refractivity contribution in [3.63, 3.8) is 0 Å². The molecular weight excluding hydrogens is 338 g/mol. The van der Waals surface area contributed by atoms with Crippen molar-refractivity contribution in [3.8, 4) is 0 Å². The fourth-order valence-electron chi connectivity index (χ4n) is 1.24. The molecule has 0 amide bonds. The van der Waals surface area contributed by atoms with Gasteiger partial charge in [-0.25, -0.2) is 13.4 Å². The van der Waals surface area contributed by atoms with Crippen molar-refractivity contribution in [2.45, 2.75) is 11.4 Å². The minimum absolute atomic E-state index is 0.206. The highest BCUT2D eigenvalue weighted by atomic mass is 79.9. The predicted octanol–water partition coefficient (Wildman–Crippen LogP) is 2.17. The van der Waals surface area contributed by atoms with Crippen LogP contribution < -0.4 is 10.5 Å². The van der Waals surface area contributed by atoms with E-state index in [0.717, 1.165) is 9.35 Å². The minimum atomic E-state index is -3.59. The summed E-state index contributed by atoms with van der Waals surface area (Å²) in [6, 6.07) is 4.85. The SMILES string of the molecule is NCc1cc(S(=O)(=O)Nc2ccc(Br)cn2)cs1. The summed E-state index contributed by atoms with van der Waals surface area (Å²) in [5.74, 6) is 0.277. The number of nitrogens with two attached hydrogens (primary N) is 1. The third kappa shape index (κ3) is 3.08. The molecule has 0 atom stereocenters. The molecule has 0 bridgehead atoms. The van der Waals surface area contributed by atoms with Crippen LogP contribution in [-0.2, 0) is 16.6 Å². The van der Waals surface area contributed by atoms with Crippen LogP contribution in [0, 0.1) is 0 Å². The molecule has 2 rings (SSSR count). The molecule has 3 N–H and O–H groups in total. The van der Waals surface area contributed by atoms with E-state index in [-0.39, 0.29) is 10.7 Å². The number of anilines is 1. The number of halogens is 1. The third-order valence-electron chi connectivity index (χ3n) is 2.11. The van der Waals surface area contributed by atoms with Gasteiger partial charge in [0.15, 0.2) is 0 Å². The fraction of sp³-hybridized carbons (Fsp3) is 0.100. The number of rotatable bonds is 4. The van der Waals surface area contributed by atoms with Gasteiger partial charge in [-0.2, -0.15) is 0 Å². The first-order valence-electron chi connectivity index (χ1n) is 4.93. The average Bonchev–Trinajstić information content (AvgIpc) is 2.81. The lowest BCUT2D eigenvalue weighted by molar-refractivity contribution is 0.601. The van der Waals surface area contributed by atoms with Gasteiger partial charge in [-0.3, -0.25) is 4.72 Å². The molecule has 0 aliphatic heterocycles. The first-order valence-corrected chi connectivity index (χ1v) is 8.09. The van der Waals surface area contributed by atoms with E-state index in [1.165, 1.54) is 17.5 Å². The monoisotopic (exact) mass is 347 g/mol. The Balaban J connectivity index is 2.24. The summed E-state index contributed by atoms with van der Waals surface area (Å²) in [5.41, 5.74) is 5.45. The Kier molecular flexibility index (Phi) is 4.00. The van der Waals surface area contributed by atoms with Gasteiger partial charge in [0.2, 0.25) is 0 Å². The van der Waals surface area contributed by atoms with E-state index in [1.807, 2.05) is 0 Å². The Morgan fingerprint density at radius 3 is 2.78 bits per heavy atom. The summed E-state index contributed by atoms with van der Waals surface area (Å²) < 4.78 is 27.2. The second-order valence-electron chi connectivity index (χ2n) is 3.42. The number of hydrogen-bond donors (Lipinski definition) is 2. The van der Waals surface area contributed by atoms with E-state index in [9.17, 15) is 8.42 Å². The summed E-state index contributed by atoms with van der Waals surface area (Å²) in [7, 11) is -3.59. The third-order valence-corrected chi connectivity index (χ3v) is 5.02. The van der Waals surface area contributed by atoms with E-state index in [4.69, 9.17) is 5.73 Å². The van der Waals surface area contributed by atoms with Gasteiger partial charge in [-0.05, 0) is 34.1 Å². The molecule has 0 fully saturated rings. The van der Waals surface area contributed by atoms with Gasteiger partial charge < -0.3 is 5.73 Å². The van der Waals surface area contributed by atoms with Gasteiger partial charge in [0.25, 0.3) is 10.0 Å². The van der Waals surface area contributed by atoms with Gasteiger partial charge in [-0.15, -0.1) is 11.3 Å². The smallest absolute Gasteiger partial charge is 0.263 e. The molecule has 0 saturated carbocycles. The second kappa shape index (κ2) is 5.35. The van der Waals surface area contributed by atoms with Gasteiger partial charge >= 0.3 is 0 Å². The van der Waals surface area contributed by atoms with Gasteiger partial charge in [0.05, 0.1) is 4.90 Å². The molecule has 96 valence electrons. The van der Waals surface area contributed by atoms with Crippen molar-refractivity contribution in [1.82, 2.24) is 4.98 Å². The first-order chi connectivity index (χ1) is 8.51. The van der Waals surface area contributed by atoms with Crippen LogP contribution in [0.4, 0.5) is 5.82 Å². The Morgan fingerprint density at radius 1 is 1.44 bits per heavy atom. The number of hydrogen-bond acceptors (Lipinski definition) is 5. The molecule has 18 heavy (non-hydrogen) atoms. The van der Waals surface area contributed by atoms with Crippen molar-refractivity contribution in [2.75, 3.05) is 4.72 Å². The summed E-state index contributed by atoms with van der Waals surface area (Å²) in [6.45, 7) is 0.330. The van der Waals surface area contributed by atoms with Crippen LogP contribution >= 0.6 is 27.3 Å². The molecule has 8 heteroatoms. The summed E-state index contributed by atoms with van der Waals surface area (Å²) in [4.78, 5) is 4.98. The molecule has 0 aromatic carbocycles. The number of pyridine rings is 1. The second-order valence-corrected chi connectivity index (χ2v) is 7.01. The van der Waals surface area contributed by atoms with Crippen LogP contribution in [0.15, 0.2) is 39.1 Å². The molecule has 0 unspecified atom stereocenters. The first kappa shape index (κ1) is 13.5. The van der Waals surface area contributed by atoms with Crippen LogP contribution in [0.3, 0.4) is 0 Å². The van der Waals surface area contributed by atoms with E-state index >= 15 is 0 Å². The van der Waals surface area contributed by atoms with Crippen LogP contribution in [0.25, 0.3) is 0 Å². The zero-order valence-electron chi connectivity index (χ0n) is 9.13. The predicted molar refractivity (Wildman–Crippen MR) is 75.0 cm³/mol. The summed E-state index contributed by atoms with van der Waals surface area (Å²) in [5, 5.41) is 1.56. The quantitative estimate of drug-likeness (QED) is 0.887. The standard InChI is InChI=1S/C10H10BrN3O2S2/c11-7-1-2-10(13-5-7)14-18(15,16)9-3-8(4-12)17-6-9/h1-3,5-6H,4,12H2,(H,13,14). The van der Waals surface area contributed by atoms with Crippen LogP contribution in [0.5, 0.6) is 0 Å². The van der Waals surface area contributed by atoms with Crippen LogP contribution in [0.1, 0.15) is 4.88 Å². The van der Waals surface area contributed by atoms with Gasteiger partial charge in [-0.1, -0.05) is 0 Å². The lowest BCUT2D eigenvalue weighted by atomic mass is 10.5. The van der Waals surface area contributed by atoms with Crippen molar-refractivity contribution in [2.24, 2.45) is 5.73 Å². The van der Waals surface area contributed by atoms with E-state index in [1.54, 1.807) is 23.6 Å². The number of thiophene rings is 1. The minimum Gasteiger partial charge on any atom is -0.326 e. The van der Waals surface area contributed by atoms with Gasteiger partial charge in [0, 0.05) is 27.5 Å². The molecule has 5 nitrogen and oxygen atoms in total. The lowest BCUT2D eigenvalue weighted by Gasteiger charge is -2.05. The van der Waals surface area contributed by atoms with Crippen molar-refractivity contribution in [1.29, 1.82) is 0 Å². The van der Waals surface area contributed by atoms with E-state index in [0.29, 0.717) is 6.54 Å². The number of sulfonamides is 1. The molecule has 0 saturated heterocycles. The molecule has 0 spiro atoms. The summed E-state index contributed by atoms with van der Waals surface area (Å²) in [6.07, 6.45) is 1.52. The van der Waals surface area contributed by atoms with Crippen LogP contribution in [-0.4, -0.2) is 13.4 Å². The van der Waals surface area contributed by atoms with Crippen molar-refractivity contribution in [3.05, 3.63) is 39.1 Å². The molecule has 0 radical (unpaired) electrons. The van der Waals surface area contributed by atoms with Crippen LogP contribution in [0.2, 0.25) is 0 Å². The Labute approximate surface area is 117 Å². The highest BCUT2D eigenvalue weighted by Gasteiger charge is 2.16. The largest absolute Gasteiger partial charge is 0.326 e. The Hall–Kier alpha value is -0.960. The topological polar surface area (TPSA) is 85.1 Å². The number of nitrogens with zero attached hydrogens (tertiary/aromatic N) is 1. The maximum absolute atomic E-state index is 12.0. The zero-order chi connectivity index (χ0) is 13.2. The normalized spacial score (nSPS) is 11.4. The lowest BCUT2D eigenvalue weighted by Crippen LogP contribution is -2.13. The average molecular weight is 348 g/mol. The zero-order valence-corrected chi connectivity index (χ0v) is 12.3. The maximum Gasteiger partial charge on any atom is 0.263 e. The maximum atomic E-state index is 12.0.